The van der Waals surface area contributed by atoms with E-state index in [9.17, 15) is 71.5 Å². The summed E-state index contributed by atoms with van der Waals surface area (Å²) in [4.78, 5) is 0. The van der Waals surface area contributed by atoms with Gasteiger partial charge >= 0.3 is 0 Å². The molecule has 4 aliphatic rings. The summed E-state index contributed by atoms with van der Waals surface area (Å²) in [6, 6.07) is 4.44. The average molecular weight is 1020 g/mol. The van der Waals surface area contributed by atoms with Crippen LogP contribution in [0.3, 0.4) is 0 Å². The minimum atomic E-state index is -1.66. The minimum Gasteiger partial charge on any atom is -0.394 e. The Bertz CT molecular complexity index is 2360. The Hall–Kier alpha value is -5.02. The number of hydrogen-bond acceptors (Lipinski definition) is 28. The highest BCUT2D eigenvalue weighted by atomic mass is 16.7. The van der Waals surface area contributed by atoms with Crippen LogP contribution in [0, 0.1) is 0 Å². The summed E-state index contributed by atoms with van der Waals surface area (Å²) in [7, 11) is 0. The molecule has 72 heavy (non-hydrogen) atoms. The molecular weight excluding hydrogens is 969 g/mol. The van der Waals surface area contributed by atoms with E-state index in [4.69, 9.17) is 28.4 Å². The smallest absolute Gasteiger partial charge is 0.187 e. The van der Waals surface area contributed by atoms with Crippen LogP contribution in [0.25, 0.3) is 22.5 Å². The summed E-state index contributed by atoms with van der Waals surface area (Å²) in [5, 5.41) is 178. The van der Waals surface area contributed by atoms with Gasteiger partial charge in [-0.2, -0.15) is 0 Å². The monoisotopic (exact) mass is 1020 g/mol. The van der Waals surface area contributed by atoms with Crippen molar-refractivity contribution in [2.24, 2.45) is 0 Å². The SMILES string of the molecule is OC[C@H]1O[C@@H](OCc2cn([C@H]3[C@H](O)[C@@H](O)[C@H](n4cc(-c5ccc(-c6cn([C@@H]7O[C@H](CO)[C@@H](n8cc(CO[C@@H]9O[C@H](CO)[C@H](O)[C@H](O)[C@H]9O)nn8)[C@H](O)[C@H]7O)nn6)cc5)nn4)O[C@@H]3CO)nn2)[C@H](O)[C@@H](O)[C@H]1O. The summed E-state index contributed by atoms with van der Waals surface area (Å²) >= 11 is 0. The molecule has 4 aromatic heterocycles. The number of aliphatic hydroxyl groups is 14. The van der Waals surface area contributed by atoms with Crippen LogP contribution in [0.2, 0.25) is 0 Å². The second-order valence-electron chi connectivity index (χ2n) is 17.6. The maximum atomic E-state index is 11.3. The van der Waals surface area contributed by atoms with Crippen LogP contribution >= 0.6 is 0 Å². The minimum absolute atomic E-state index is 0.151. The molecule has 4 fully saturated rings. The number of nitrogens with zero attached hydrogens (tertiary/aromatic N) is 12. The average Bonchev–Trinajstić information content (AvgIpc) is 4.25. The third-order valence-corrected chi connectivity index (χ3v) is 13.0. The predicted octanol–water partition coefficient (Wildman–Crippen LogP) is -8.27. The first-order valence-electron chi connectivity index (χ1n) is 22.5. The maximum absolute atomic E-state index is 11.3. The predicted molar refractivity (Wildman–Crippen MR) is 226 cm³/mol. The summed E-state index contributed by atoms with van der Waals surface area (Å²) in [5.74, 6) is 0. The van der Waals surface area contributed by atoms with Crippen molar-refractivity contribution in [2.75, 3.05) is 26.4 Å². The van der Waals surface area contributed by atoms with Gasteiger partial charge in [0.15, 0.2) is 25.0 Å². The zero-order chi connectivity index (χ0) is 51.1. The maximum Gasteiger partial charge on any atom is 0.187 e. The molecule has 0 aliphatic carbocycles. The second-order valence-corrected chi connectivity index (χ2v) is 17.6. The fraction of sp³-hybridized carbons (Fsp3) is 0.650. The van der Waals surface area contributed by atoms with Crippen LogP contribution < -0.4 is 0 Å². The Kier molecular flexibility index (Phi) is 15.7. The summed E-state index contributed by atoms with van der Waals surface area (Å²) in [5.41, 5.74) is 2.08. The van der Waals surface area contributed by atoms with Gasteiger partial charge in [0.05, 0.1) is 64.4 Å². The Morgan fingerprint density at radius 1 is 0.389 bits per heavy atom. The molecule has 0 radical (unpaired) electrons. The first-order valence-corrected chi connectivity index (χ1v) is 22.5. The Balaban J connectivity index is 0.805. The molecular formula is C40H54N12O20. The Morgan fingerprint density at radius 2 is 0.750 bits per heavy atom. The van der Waals surface area contributed by atoms with Crippen LogP contribution in [-0.4, -0.2) is 256 Å². The number of benzene rings is 1. The lowest BCUT2D eigenvalue weighted by Gasteiger charge is -2.41. The molecule has 32 nitrogen and oxygen atoms in total. The van der Waals surface area contributed by atoms with Crippen molar-refractivity contribution >= 4 is 0 Å². The lowest BCUT2D eigenvalue weighted by atomic mass is 9.95. The molecule has 0 saturated carbocycles. The van der Waals surface area contributed by atoms with E-state index in [1.807, 2.05) is 0 Å². The summed E-state index contributed by atoms with van der Waals surface area (Å²) in [6.07, 6.45) is -20.8. The fourth-order valence-electron chi connectivity index (χ4n) is 8.93. The molecule has 0 amide bonds. The standard InChI is InChI=1S/C40H54N12O20/c53-9-21-25(49-5-17(41-45-49)13-67-39-35(65)31(61)27(57)23(11-55)71-39)29(59)33(63)37(69-21)51-7-19(43-47-51)15-1-2-16(4-3-15)20-8-52(48-44-20)38-34(64)30(60)26(22(10-54)70-38)50-6-18(42-46-50)14-68-40-36(66)32(62)28(58)24(12-56)72-40/h1-8,21-40,53-66H,9-14H2/t21-,22-,23-,24-,25-,26-,27+,28+,29+,30+,31+,32+,33-,34-,35-,36-,37-,38-,39-,40-/m1/s1. The van der Waals surface area contributed by atoms with E-state index in [0.717, 1.165) is 9.36 Å². The molecule has 4 aliphatic heterocycles. The Morgan fingerprint density at radius 3 is 1.11 bits per heavy atom. The highest BCUT2D eigenvalue weighted by Gasteiger charge is 2.50. The van der Waals surface area contributed by atoms with Crippen molar-refractivity contribution in [3.05, 3.63) is 60.4 Å². The topological polar surface area (TPSA) is 461 Å². The molecule has 4 saturated heterocycles. The number of aliphatic hydroxyl groups excluding tert-OH is 14. The molecule has 20 atom stereocenters. The lowest BCUT2D eigenvalue weighted by molar-refractivity contribution is -0.304. The van der Waals surface area contributed by atoms with Gasteiger partial charge in [-0.05, 0) is 0 Å². The summed E-state index contributed by atoms with van der Waals surface area (Å²) < 4.78 is 38.4. The molecule has 14 N–H and O–H groups in total. The van der Waals surface area contributed by atoms with Crippen molar-refractivity contribution in [1.29, 1.82) is 0 Å². The zero-order valence-electron chi connectivity index (χ0n) is 37.5. The first-order chi connectivity index (χ1) is 34.6. The van der Waals surface area contributed by atoms with Gasteiger partial charge in [-0.25, -0.2) is 18.7 Å². The van der Waals surface area contributed by atoms with Crippen molar-refractivity contribution in [2.45, 2.75) is 136 Å². The van der Waals surface area contributed by atoms with Crippen LogP contribution in [0.15, 0.2) is 49.1 Å². The number of rotatable bonds is 16. The quantitative estimate of drug-likeness (QED) is 0.0436. The first kappa shape index (κ1) is 51.9. The van der Waals surface area contributed by atoms with Gasteiger partial charge in [0.1, 0.15) is 120 Å². The summed E-state index contributed by atoms with van der Waals surface area (Å²) in [6.45, 7) is -3.24. The zero-order valence-corrected chi connectivity index (χ0v) is 37.5. The number of ether oxygens (including phenoxy) is 6. The third kappa shape index (κ3) is 10.0. The highest BCUT2D eigenvalue weighted by molar-refractivity contribution is 5.65. The van der Waals surface area contributed by atoms with Crippen molar-refractivity contribution in [3.8, 4) is 22.5 Å². The molecule has 394 valence electrons. The highest BCUT2D eigenvalue weighted by Crippen LogP contribution is 2.37. The van der Waals surface area contributed by atoms with Crippen LogP contribution in [0.4, 0.5) is 0 Å². The van der Waals surface area contributed by atoms with E-state index in [-0.39, 0.29) is 24.6 Å². The molecule has 32 heteroatoms. The molecule has 8 heterocycles. The molecule has 0 bridgehead atoms. The van der Waals surface area contributed by atoms with Crippen LogP contribution in [-0.2, 0) is 41.6 Å². The van der Waals surface area contributed by atoms with Crippen molar-refractivity contribution in [1.82, 2.24) is 60.0 Å². The van der Waals surface area contributed by atoms with Crippen molar-refractivity contribution < 1.29 is 99.9 Å². The van der Waals surface area contributed by atoms with Gasteiger partial charge in [-0.15, -0.1) is 20.4 Å². The molecule has 1 aromatic carbocycles. The van der Waals surface area contributed by atoms with E-state index in [0.29, 0.717) is 22.5 Å². The molecule has 0 unspecified atom stereocenters. The van der Waals surface area contributed by atoms with Crippen LogP contribution in [0.1, 0.15) is 35.9 Å². The fourth-order valence-corrected chi connectivity index (χ4v) is 8.93. The van der Waals surface area contributed by atoms with E-state index in [2.05, 4.69) is 41.2 Å². The van der Waals surface area contributed by atoms with Gasteiger partial charge in [0.25, 0.3) is 0 Å². The van der Waals surface area contributed by atoms with E-state index in [1.54, 1.807) is 24.3 Å². The third-order valence-electron chi connectivity index (χ3n) is 13.0. The van der Waals surface area contributed by atoms with Gasteiger partial charge in [-0.1, -0.05) is 45.1 Å². The lowest BCUT2D eigenvalue weighted by Crippen LogP contribution is -2.59. The molecule has 9 rings (SSSR count). The Labute approximate surface area is 404 Å². The van der Waals surface area contributed by atoms with Gasteiger partial charge in [-0.3, -0.25) is 0 Å². The van der Waals surface area contributed by atoms with Crippen molar-refractivity contribution in [3.63, 3.8) is 0 Å². The van der Waals surface area contributed by atoms with Gasteiger partial charge < -0.3 is 99.9 Å². The second kappa shape index (κ2) is 21.8. The van der Waals surface area contributed by atoms with Gasteiger partial charge in [0.2, 0.25) is 0 Å². The van der Waals surface area contributed by atoms with E-state index in [1.165, 1.54) is 34.2 Å². The number of hydrogen-bond donors (Lipinski definition) is 14. The molecule has 0 spiro atoms. The number of aromatic nitrogens is 12. The van der Waals surface area contributed by atoms with Gasteiger partial charge in [0, 0.05) is 11.1 Å². The largest absolute Gasteiger partial charge is 0.394 e. The van der Waals surface area contributed by atoms with Crippen LogP contribution in [0.5, 0.6) is 0 Å². The molecule has 5 aromatic rings. The van der Waals surface area contributed by atoms with E-state index < -0.39 is 149 Å². The normalized spacial score (nSPS) is 37.5. The van der Waals surface area contributed by atoms with E-state index >= 15 is 0 Å².